The fraction of sp³-hybridized carbons (Fsp3) is 0.304. The Morgan fingerprint density at radius 1 is 1.07 bits per heavy atom. The number of thiocarbonyl (C=S) groups is 1. The Hall–Kier alpha value is -2.51. The smallest absolute Gasteiger partial charge is 0.266 e. The van der Waals surface area contributed by atoms with E-state index in [1.807, 2.05) is 48.5 Å². The van der Waals surface area contributed by atoms with Gasteiger partial charge in [-0.1, -0.05) is 55.2 Å². The maximum absolute atomic E-state index is 13.0. The summed E-state index contributed by atoms with van der Waals surface area (Å²) >= 11 is 6.80. The summed E-state index contributed by atoms with van der Waals surface area (Å²) in [4.78, 5) is 15.2. The molecule has 1 heterocycles. The number of nitrogens with zero attached hydrogens (tertiary/aromatic N) is 1. The topological polar surface area (TPSA) is 48.0 Å². The zero-order valence-electron chi connectivity index (χ0n) is 17.3. The van der Waals surface area contributed by atoms with Crippen LogP contribution in [0.4, 0.5) is 0 Å². The summed E-state index contributed by atoms with van der Waals surface area (Å²) in [5.74, 6) is 2.05. The lowest BCUT2D eigenvalue weighted by molar-refractivity contribution is -0.122. The van der Waals surface area contributed by atoms with Crippen LogP contribution in [-0.2, 0) is 11.2 Å². The molecule has 0 spiro atoms. The molecule has 1 aliphatic rings. The highest BCUT2D eigenvalue weighted by molar-refractivity contribution is 8.26. The maximum Gasteiger partial charge on any atom is 0.266 e. The number of carbonyl (C=O) groups is 1. The van der Waals surface area contributed by atoms with Gasteiger partial charge in [0.1, 0.15) is 10.1 Å². The van der Waals surface area contributed by atoms with Gasteiger partial charge < -0.3 is 14.2 Å². The Labute approximate surface area is 187 Å². The lowest BCUT2D eigenvalue weighted by Crippen LogP contribution is -2.30. The Morgan fingerprint density at radius 2 is 1.83 bits per heavy atom. The first kappa shape index (κ1) is 22.2. The number of methoxy groups -OCH3 is 2. The van der Waals surface area contributed by atoms with E-state index in [4.69, 9.17) is 26.4 Å². The normalized spacial score (nSPS) is 15.0. The van der Waals surface area contributed by atoms with E-state index < -0.39 is 0 Å². The molecule has 0 radical (unpaired) electrons. The molecule has 0 atom stereocenters. The zero-order valence-corrected chi connectivity index (χ0v) is 19.0. The summed E-state index contributed by atoms with van der Waals surface area (Å²) in [5.41, 5.74) is 1.93. The van der Waals surface area contributed by atoms with E-state index in [0.717, 1.165) is 23.3 Å². The van der Waals surface area contributed by atoms with Gasteiger partial charge in [-0.05, 0) is 42.7 Å². The first-order valence-electron chi connectivity index (χ1n) is 9.75. The van der Waals surface area contributed by atoms with E-state index in [9.17, 15) is 4.79 Å². The molecule has 30 heavy (non-hydrogen) atoms. The fourth-order valence-corrected chi connectivity index (χ4v) is 4.35. The van der Waals surface area contributed by atoms with E-state index in [0.29, 0.717) is 40.3 Å². The molecule has 0 aliphatic carbocycles. The molecule has 0 saturated carbocycles. The van der Waals surface area contributed by atoms with Crippen molar-refractivity contribution in [2.45, 2.75) is 19.8 Å². The lowest BCUT2D eigenvalue weighted by Gasteiger charge is -2.15. The van der Waals surface area contributed by atoms with Crippen molar-refractivity contribution in [3.8, 4) is 17.2 Å². The van der Waals surface area contributed by atoms with Crippen LogP contribution in [0, 0.1) is 0 Å². The van der Waals surface area contributed by atoms with Crippen molar-refractivity contribution in [1.29, 1.82) is 0 Å². The molecular formula is C23H25NO4S2. The van der Waals surface area contributed by atoms with Gasteiger partial charge in [0, 0.05) is 12.1 Å². The standard InChI is InChI=1S/C23H25NO4S2/c1-4-13-28-18-8-6-5-7-17(18)15-21-22(25)24(23(29)30-21)12-11-16-9-10-19(26-2)20(14-16)27-3/h5-10,14-15H,4,11-13H2,1-3H3. The highest BCUT2D eigenvalue weighted by atomic mass is 32.2. The van der Waals surface area contributed by atoms with Gasteiger partial charge in [0.15, 0.2) is 11.5 Å². The predicted molar refractivity (Wildman–Crippen MR) is 125 cm³/mol. The lowest BCUT2D eigenvalue weighted by atomic mass is 10.1. The monoisotopic (exact) mass is 443 g/mol. The highest BCUT2D eigenvalue weighted by Gasteiger charge is 2.31. The zero-order chi connectivity index (χ0) is 21.5. The summed E-state index contributed by atoms with van der Waals surface area (Å²) < 4.78 is 17.0. The van der Waals surface area contributed by atoms with Gasteiger partial charge in [0.25, 0.3) is 5.91 Å². The van der Waals surface area contributed by atoms with Crippen LogP contribution in [0.2, 0.25) is 0 Å². The molecule has 2 aromatic rings. The minimum Gasteiger partial charge on any atom is -0.493 e. The fourth-order valence-electron chi connectivity index (χ4n) is 3.05. The molecular weight excluding hydrogens is 418 g/mol. The quantitative estimate of drug-likeness (QED) is 0.404. The summed E-state index contributed by atoms with van der Waals surface area (Å²) in [6.07, 6.45) is 3.45. The Bertz CT molecular complexity index is 958. The molecule has 3 rings (SSSR count). The largest absolute Gasteiger partial charge is 0.493 e. The average Bonchev–Trinajstić information content (AvgIpc) is 3.03. The molecule has 158 valence electrons. The van der Waals surface area contributed by atoms with Crippen molar-refractivity contribution >= 4 is 40.3 Å². The molecule has 0 unspecified atom stereocenters. The number of ether oxygens (including phenoxy) is 3. The Morgan fingerprint density at radius 3 is 2.57 bits per heavy atom. The molecule has 1 fully saturated rings. The first-order valence-corrected chi connectivity index (χ1v) is 11.0. The van der Waals surface area contributed by atoms with E-state index in [2.05, 4.69) is 6.92 Å². The van der Waals surface area contributed by atoms with Crippen LogP contribution in [0.5, 0.6) is 17.2 Å². The Balaban J connectivity index is 1.72. The third-order valence-corrected chi connectivity index (χ3v) is 5.99. The van der Waals surface area contributed by atoms with Crippen molar-refractivity contribution < 1.29 is 19.0 Å². The van der Waals surface area contributed by atoms with Gasteiger partial charge in [0.05, 0.1) is 25.7 Å². The summed E-state index contributed by atoms with van der Waals surface area (Å²) in [6, 6.07) is 13.5. The van der Waals surface area contributed by atoms with Gasteiger partial charge in [-0.3, -0.25) is 9.69 Å². The highest BCUT2D eigenvalue weighted by Crippen LogP contribution is 2.35. The number of hydrogen-bond donors (Lipinski definition) is 0. The number of rotatable bonds is 9. The maximum atomic E-state index is 13.0. The molecule has 5 nitrogen and oxygen atoms in total. The summed E-state index contributed by atoms with van der Waals surface area (Å²) in [5, 5.41) is 0. The van der Waals surface area contributed by atoms with Gasteiger partial charge in [-0.2, -0.15) is 0 Å². The first-order chi connectivity index (χ1) is 14.6. The predicted octanol–water partition coefficient (Wildman–Crippen LogP) is 4.94. The van der Waals surface area contributed by atoms with Crippen LogP contribution in [0.15, 0.2) is 47.4 Å². The number of carbonyl (C=O) groups excluding carboxylic acids is 1. The van der Waals surface area contributed by atoms with Crippen LogP contribution in [0.3, 0.4) is 0 Å². The SMILES string of the molecule is CCCOc1ccccc1C=C1SC(=S)N(CCc2ccc(OC)c(OC)c2)C1=O. The van der Waals surface area contributed by atoms with Crippen LogP contribution in [0.1, 0.15) is 24.5 Å². The molecule has 7 heteroatoms. The minimum absolute atomic E-state index is 0.0734. The molecule has 2 aromatic carbocycles. The van der Waals surface area contributed by atoms with Crippen LogP contribution >= 0.6 is 24.0 Å². The van der Waals surface area contributed by atoms with Gasteiger partial charge in [0.2, 0.25) is 0 Å². The van der Waals surface area contributed by atoms with Crippen molar-refractivity contribution in [2.75, 3.05) is 27.4 Å². The van der Waals surface area contributed by atoms with Crippen molar-refractivity contribution in [3.63, 3.8) is 0 Å². The van der Waals surface area contributed by atoms with Crippen LogP contribution < -0.4 is 14.2 Å². The number of benzene rings is 2. The van der Waals surface area contributed by atoms with Crippen LogP contribution in [-0.4, -0.2) is 42.5 Å². The van der Waals surface area contributed by atoms with Crippen LogP contribution in [0.25, 0.3) is 6.08 Å². The van der Waals surface area contributed by atoms with Crippen molar-refractivity contribution in [3.05, 3.63) is 58.5 Å². The average molecular weight is 444 g/mol. The molecule has 1 aliphatic heterocycles. The van der Waals surface area contributed by atoms with Crippen molar-refractivity contribution in [1.82, 2.24) is 4.90 Å². The number of amides is 1. The second kappa shape index (κ2) is 10.5. The third-order valence-electron chi connectivity index (χ3n) is 4.61. The van der Waals surface area contributed by atoms with Gasteiger partial charge in [-0.15, -0.1) is 0 Å². The minimum atomic E-state index is -0.0734. The summed E-state index contributed by atoms with van der Waals surface area (Å²) in [7, 11) is 3.21. The van der Waals surface area contributed by atoms with Crippen molar-refractivity contribution in [2.24, 2.45) is 0 Å². The van der Waals surface area contributed by atoms with Gasteiger partial charge in [-0.25, -0.2) is 0 Å². The Kier molecular flexibility index (Phi) is 7.76. The number of para-hydroxylation sites is 1. The molecule has 1 saturated heterocycles. The second-order valence-corrected chi connectivity index (χ2v) is 8.33. The van der Waals surface area contributed by atoms with E-state index in [-0.39, 0.29) is 5.91 Å². The summed E-state index contributed by atoms with van der Waals surface area (Å²) in [6.45, 7) is 3.20. The molecule has 0 aromatic heterocycles. The number of thioether (sulfide) groups is 1. The molecule has 1 amide bonds. The molecule has 0 bridgehead atoms. The third kappa shape index (κ3) is 5.15. The van der Waals surface area contributed by atoms with E-state index in [1.165, 1.54) is 11.8 Å². The van der Waals surface area contributed by atoms with Gasteiger partial charge >= 0.3 is 0 Å². The molecule has 0 N–H and O–H groups in total. The van der Waals surface area contributed by atoms with E-state index >= 15 is 0 Å². The number of hydrogen-bond acceptors (Lipinski definition) is 6. The second-order valence-electron chi connectivity index (χ2n) is 6.66. The van der Waals surface area contributed by atoms with E-state index in [1.54, 1.807) is 19.1 Å².